The maximum absolute atomic E-state index is 8.67. The van der Waals surface area contributed by atoms with Gasteiger partial charge in [0, 0.05) is 25.5 Å². The van der Waals surface area contributed by atoms with Gasteiger partial charge in [-0.3, -0.25) is 9.88 Å². The van der Waals surface area contributed by atoms with E-state index in [-0.39, 0.29) is 6.61 Å². The number of pyridine rings is 1. The largest absolute Gasteiger partial charge is 0.395 e. The molecule has 0 aliphatic carbocycles. The smallest absolute Gasteiger partial charge is 0.0558 e. The fourth-order valence-electron chi connectivity index (χ4n) is 1.46. The lowest BCUT2D eigenvalue weighted by molar-refractivity contribution is 0.217. The molecule has 3 nitrogen and oxygen atoms in total. The normalized spacial score (nSPS) is 9.72. The molecule has 0 fully saturated rings. The van der Waals surface area contributed by atoms with Gasteiger partial charge in [0.2, 0.25) is 0 Å². The second kappa shape index (κ2) is 9.33. The summed E-state index contributed by atoms with van der Waals surface area (Å²) in [6, 6.07) is 16.0. The van der Waals surface area contributed by atoms with Crippen LogP contribution in [0.15, 0.2) is 60.9 Å². The maximum atomic E-state index is 8.67. The van der Waals surface area contributed by atoms with E-state index in [4.69, 9.17) is 5.11 Å². The zero-order valence-electron chi connectivity index (χ0n) is 10.7. The zero-order chi connectivity index (χ0) is 13.1. The SMILES string of the molecule is CN(CCO)Cc1ccccc1.c1ccncc1. The Morgan fingerprint density at radius 2 is 1.61 bits per heavy atom. The molecule has 1 aromatic heterocycles. The minimum atomic E-state index is 0.226. The van der Waals surface area contributed by atoms with Crippen LogP contribution in [0.2, 0.25) is 0 Å². The van der Waals surface area contributed by atoms with Crippen LogP contribution in [-0.2, 0) is 6.54 Å². The van der Waals surface area contributed by atoms with E-state index in [1.807, 2.05) is 43.4 Å². The molecule has 0 atom stereocenters. The molecule has 96 valence electrons. The van der Waals surface area contributed by atoms with Gasteiger partial charge in [-0.15, -0.1) is 0 Å². The Morgan fingerprint density at radius 1 is 1.00 bits per heavy atom. The topological polar surface area (TPSA) is 36.4 Å². The van der Waals surface area contributed by atoms with Gasteiger partial charge in [0.05, 0.1) is 6.61 Å². The lowest BCUT2D eigenvalue weighted by Crippen LogP contribution is -2.21. The first-order valence-electron chi connectivity index (χ1n) is 6.01. The average molecular weight is 244 g/mol. The summed E-state index contributed by atoms with van der Waals surface area (Å²) in [6.07, 6.45) is 3.50. The Bertz CT molecular complexity index is 365. The van der Waals surface area contributed by atoms with Gasteiger partial charge < -0.3 is 5.11 Å². The van der Waals surface area contributed by atoms with Crippen LogP contribution < -0.4 is 0 Å². The van der Waals surface area contributed by atoms with Crippen LogP contribution in [0.1, 0.15) is 5.56 Å². The monoisotopic (exact) mass is 244 g/mol. The van der Waals surface area contributed by atoms with Gasteiger partial charge >= 0.3 is 0 Å². The van der Waals surface area contributed by atoms with Crippen LogP contribution in [0, 0.1) is 0 Å². The van der Waals surface area contributed by atoms with Gasteiger partial charge in [-0.1, -0.05) is 36.4 Å². The summed E-state index contributed by atoms with van der Waals surface area (Å²) in [4.78, 5) is 5.88. The Morgan fingerprint density at radius 3 is 2.06 bits per heavy atom. The van der Waals surface area contributed by atoms with E-state index in [1.165, 1.54) is 5.56 Å². The molecule has 0 spiro atoms. The van der Waals surface area contributed by atoms with E-state index >= 15 is 0 Å². The van der Waals surface area contributed by atoms with Crippen LogP contribution in [0.5, 0.6) is 0 Å². The maximum Gasteiger partial charge on any atom is 0.0558 e. The molecule has 3 heteroatoms. The molecule has 0 aliphatic rings. The molecule has 18 heavy (non-hydrogen) atoms. The molecular weight excluding hydrogens is 224 g/mol. The van der Waals surface area contributed by atoms with E-state index in [1.54, 1.807) is 12.4 Å². The number of aliphatic hydroxyl groups is 1. The number of hydrogen-bond donors (Lipinski definition) is 1. The van der Waals surface area contributed by atoms with Crippen LogP contribution in [0.3, 0.4) is 0 Å². The fraction of sp³-hybridized carbons (Fsp3) is 0.267. The van der Waals surface area contributed by atoms with E-state index < -0.39 is 0 Å². The van der Waals surface area contributed by atoms with E-state index in [0.717, 1.165) is 13.1 Å². The van der Waals surface area contributed by atoms with Crippen LogP contribution in [-0.4, -0.2) is 35.2 Å². The fourth-order valence-corrected chi connectivity index (χ4v) is 1.46. The first kappa shape index (κ1) is 14.4. The van der Waals surface area contributed by atoms with Gasteiger partial charge in [-0.05, 0) is 24.7 Å². The standard InChI is InChI=1S/C10H15NO.C5H5N/c1-11(7-8-12)9-10-5-3-2-4-6-10;1-2-4-6-5-3-1/h2-6,12H,7-9H2,1H3;1-5H. The van der Waals surface area contributed by atoms with Crippen LogP contribution in [0.25, 0.3) is 0 Å². The summed E-state index contributed by atoms with van der Waals surface area (Å²) in [5.74, 6) is 0. The summed E-state index contributed by atoms with van der Waals surface area (Å²) < 4.78 is 0. The van der Waals surface area contributed by atoms with Gasteiger partial charge in [0.1, 0.15) is 0 Å². The van der Waals surface area contributed by atoms with Crippen molar-refractivity contribution in [2.45, 2.75) is 6.54 Å². The summed E-state index contributed by atoms with van der Waals surface area (Å²) in [5, 5.41) is 8.67. The number of likely N-dealkylation sites (N-methyl/N-ethyl adjacent to an activating group) is 1. The summed E-state index contributed by atoms with van der Waals surface area (Å²) in [7, 11) is 2.00. The lowest BCUT2D eigenvalue weighted by Gasteiger charge is -2.14. The highest BCUT2D eigenvalue weighted by molar-refractivity contribution is 5.14. The number of rotatable bonds is 4. The molecule has 1 aromatic carbocycles. The highest BCUT2D eigenvalue weighted by Gasteiger charge is 1.97. The molecular formula is C15H20N2O. The van der Waals surface area contributed by atoms with Crippen molar-refractivity contribution in [2.75, 3.05) is 20.2 Å². The Labute approximate surface area is 109 Å². The summed E-state index contributed by atoms with van der Waals surface area (Å²) >= 11 is 0. The third-order valence-corrected chi connectivity index (χ3v) is 2.34. The van der Waals surface area contributed by atoms with Gasteiger partial charge in [-0.25, -0.2) is 0 Å². The van der Waals surface area contributed by atoms with Crippen molar-refractivity contribution in [1.29, 1.82) is 0 Å². The second-order valence-corrected chi connectivity index (χ2v) is 3.97. The number of nitrogens with zero attached hydrogens (tertiary/aromatic N) is 2. The molecule has 1 N–H and O–H groups in total. The second-order valence-electron chi connectivity index (χ2n) is 3.97. The van der Waals surface area contributed by atoms with Crippen molar-refractivity contribution >= 4 is 0 Å². The van der Waals surface area contributed by atoms with Gasteiger partial charge in [0.25, 0.3) is 0 Å². The van der Waals surface area contributed by atoms with Crippen LogP contribution in [0.4, 0.5) is 0 Å². The zero-order valence-corrected chi connectivity index (χ0v) is 10.7. The third kappa shape index (κ3) is 6.78. The van der Waals surface area contributed by atoms with E-state index in [0.29, 0.717) is 0 Å². The molecule has 2 aromatic rings. The molecule has 2 rings (SSSR count). The van der Waals surface area contributed by atoms with Crippen molar-refractivity contribution in [2.24, 2.45) is 0 Å². The number of aromatic nitrogens is 1. The van der Waals surface area contributed by atoms with Crippen molar-refractivity contribution in [1.82, 2.24) is 9.88 Å². The first-order valence-corrected chi connectivity index (χ1v) is 6.01. The Hall–Kier alpha value is -1.71. The van der Waals surface area contributed by atoms with E-state index in [2.05, 4.69) is 22.0 Å². The summed E-state index contributed by atoms with van der Waals surface area (Å²) in [6.45, 7) is 1.86. The minimum Gasteiger partial charge on any atom is -0.395 e. The third-order valence-electron chi connectivity index (χ3n) is 2.34. The predicted molar refractivity (Wildman–Crippen MR) is 74.1 cm³/mol. The van der Waals surface area contributed by atoms with Crippen molar-refractivity contribution in [3.8, 4) is 0 Å². The molecule has 0 aliphatic heterocycles. The van der Waals surface area contributed by atoms with Crippen LogP contribution >= 0.6 is 0 Å². The number of aliphatic hydroxyl groups excluding tert-OH is 1. The highest BCUT2D eigenvalue weighted by Crippen LogP contribution is 2.01. The molecule has 0 saturated carbocycles. The molecule has 0 radical (unpaired) electrons. The minimum absolute atomic E-state index is 0.226. The molecule has 0 bridgehead atoms. The molecule has 0 saturated heterocycles. The molecule has 0 amide bonds. The number of benzene rings is 1. The lowest BCUT2D eigenvalue weighted by atomic mass is 10.2. The van der Waals surface area contributed by atoms with Crippen molar-refractivity contribution in [3.05, 3.63) is 66.5 Å². The van der Waals surface area contributed by atoms with Crippen molar-refractivity contribution < 1.29 is 5.11 Å². The molecule has 1 heterocycles. The molecule has 0 unspecified atom stereocenters. The highest BCUT2D eigenvalue weighted by atomic mass is 16.3. The Kier molecular flexibility index (Phi) is 7.44. The predicted octanol–water partition coefficient (Wildman–Crippen LogP) is 2.19. The Balaban J connectivity index is 0.000000225. The first-order chi connectivity index (χ1) is 8.83. The quantitative estimate of drug-likeness (QED) is 0.895. The average Bonchev–Trinajstić information content (AvgIpc) is 2.43. The number of hydrogen-bond acceptors (Lipinski definition) is 3. The van der Waals surface area contributed by atoms with Gasteiger partial charge in [-0.2, -0.15) is 0 Å². The van der Waals surface area contributed by atoms with E-state index in [9.17, 15) is 0 Å². The summed E-state index contributed by atoms with van der Waals surface area (Å²) in [5.41, 5.74) is 1.29. The van der Waals surface area contributed by atoms with Crippen molar-refractivity contribution in [3.63, 3.8) is 0 Å². The van der Waals surface area contributed by atoms with Gasteiger partial charge in [0.15, 0.2) is 0 Å².